The summed E-state index contributed by atoms with van der Waals surface area (Å²) in [5, 5.41) is 3.01. The second kappa shape index (κ2) is 10.2. The van der Waals surface area contributed by atoms with E-state index in [1.165, 1.54) is 6.07 Å². The van der Waals surface area contributed by atoms with Gasteiger partial charge in [0.05, 0.1) is 5.69 Å². The molecule has 1 aliphatic rings. The van der Waals surface area contributed by atoms with Gasteiger partial charge in [-0.1, -0.05) is 42.5 Å². The Morgan fingerprint density at radius 2 is 1.69 bits per heavy atom. The topological polar surface area (TPSA) is 47.9 Å². The van der Waals surface area contributed by atoms with Crippen molar-refractivity contribution in [1.82, 2.24) is 15.1 Å². The summed E-state index contributed by atoms with van der Waals surface area (Å²) in [6.07, 6.45) is 0. The number of piperazine rings is 1. The second-order valence-electron chi connectivity index (χ2n) is 7.99. The molecule has 1 N–H and O–H groups in total. The number of halogens is 1. The molecule has 32 heavy (non-hydrogen) atoms. The minimum atomic E-state index is -0.211. The molecule has 0 saturated carbocycles. The number of aryl methyl sites for hydroxylation is 1. The first-order valence-electron chi connectivity index (χ1n) is 10.8. The Bertz CT molecular complexity index is 1090. The molecule has 0 aromatic heterocycles. The SMILES string of the molecule is Cc1cccc(N=C(NC(=O)c2ccccc2)N2CCN(Cc3cccc(F)c3)CC2)c1. The highest BCUT2D eigenvalue weighted by atomic mass is 19.1. The molecule has 1 aliphatic heterocycles. The number of benzene rings is 3. The summed E-state index contributed by atoms with van der Waals surface area (Å²) in [5.74, 6) is 0.159. The predicted molar refractivity (Wildman–Crippen MR) is 125 cm³/mol. The molecule has 1 amide bonds. The van der Waals surface area contributed by atoms with Gasteiger partial charge in [0, 0.05) is 38.3 Å². The van der Waals surface area contributed by atoms with Crippen molar-refractivity contribution < 1.29 is 9.18 Å². The van der Waals surface area contributed by atoms with E-state index in [4.69, 9.17) is 4.99 Å². The largest absolute Gasteiger partial charge is 0.340 e. The van der Waals surface area contributed by atoms with Crippen molar-refractivity contribution in [2.75, 3.05) is 26.2 Å². The van der Waals surface area contributed by atoms with Crippen molar-refractivity contribution >= 4 is 17.6 Å². The Morgan fingerprint density at radius 3 is 2.41 bits per heavy atom. The van der Waals surface area contributed by atoms with Crippen molar-refractivity contribution in [3.63, 3.8) is 0 Å². The molecule has 0 bridgehead atoms. The zero-order valence-electron chi connectivity index (χ0n) is 18.2. The van der Waals surface area contributed by atoms with Gasteiger partial charge in [-0.3, -0.25) is 15.0 Å². The Kier molecular flexibility index (Phi) is 6.92. The average Bonchev–Trinajstić information content (AvgIpc) is 2.80. The second-order valence-corrected chi connectivity index (χ2v) is 7.99. The Morgan fingerprint density at radius 1 is 0.938 bits per heavy atom. The normalized spacial score (nSPS) is 14.9. The van der Waals surface area contributed by atoms with E-state index in [1.807, 2.05) is 55.5 Å². The maximum absolute atomic E-state index is 13.5. The van der Waals surface area contributed by atoms with Gasteiger partial charge in [0.2, 0.25) is 5.96 Å². The fraction of sp³-hybridized carbons (Fsp3) is 0.231. The van der Waals surface area contributed by atoms with E-state index in [1.54, 1.807) is 24.3 Å². The molecule has 164 valence electrons. The number of carbonyl (C=O) groups is 1. The van der Waals surface area contributed by atoms with Crippen molar-refractivity contribution in [3.8, 4) is 0 Å². The van der Waals surface area contributed by atoms with Crippen molar-refractivity contribution in [2.45, 2.75) is 13.5 Å². The van der Waals surface area contributed by atoms with E-state index in [0.717, 1.165) is 43.0 Å². The van der Waals surface area contributed by atoms with E-state index >= 15 is 0 Å². The molecular weight excluding hydrogens is 403 g/mol. The molecule has 0 unspecified atom stereocenters. The van der Waals surface area contributed by atoms with Crippen LogP contribution < -0.4 is 5.32 Å². The number of aliphatic imine (C=N–C) groups is 1. The quantitative estimate of drug-likeness (QED) is 0.494. The van der Waals surface area contributed by atoms with Crippen LogP contribution in [-0.2, 0) is 6.54 Å². The molecule has 1 fully saturated rings. The third kappa shape index (κ3) is 5.80. The first kappa shape index (κ1) is 21.7. The van der Waals surface area contributed by atoms with Gasteiger partial charge in [-0.25, -0.2) is 9.38 Å². The summed E-state index contributed by atoms with van der Waals surface area (Å²) in [7, 11) is 0. The predicted octanol–water partition coefficient (Wildman–Crippen LogP) is 4.37. The third-order valence-electron chi connectivity index (χ3n) is 5.47. The van der Waals surface area contributed by atoms with Crippen LogP contribution in [0.3, 0.4) is 0 Å². The van der Waals surface area contributed by atoms with Crippen molar-refractivity contribution in [3.05, 3.63) is 101 Å². The van der Waals surface area contributed by atoms with Gasteiger partial charge in [0.25, 0.3) is 5.91 Å². The van der Waals surface area contributed by atoms with Gasteiger partial charge in [-0.2, -0.15) is 0 Å². The molecule has 0 radical (unpaired) electrons. The number of guanidine groups is 1. The molecule has 1 saturated heterocycles. The zero-order chi connectivity index (χ0) is 22.3. The van der Waals surface area contributed by atoms with Crippen LogP contribution in [0.2, 0.25) is 0 Å². The van der Waals surface area contributed by atoms with Crippen LogP contribution in [0.5, 0.6) is 0 Å². The van der Waals surface area contributed by atoms with Gasteiger partial charge in [-0.05, 0) is 54.4 Å². The minimum absolute atomic E-state index is 0.181. The van der Waals surface area contributed by atoms with E-state index < -0.39 is 0 Å². The lowest BCUT2D eigenvalue weighted by molar-refractivity contribution is 0.0967. The Labute approximate surface area is 188 Å². The number of amides is 1. The standard InChI is InChI=1S/C26H27FN4O/c1-20-7-5-12-24(17-20)28-26(29-25(32)22-9-3-2-4-10-22)31-15-13-30(14-16-31)19-21-8-6-11-23(27)18-21/h2-12,17-18H,13-16,19H2,1H3,(H,28,29,32). The molecule has 0 aliphatic carbocycles. The molecule has 4 rings (SSSR count). The van der Waals surface area contributed by atoms with Crippen molar-refractivity contribution in [2.24, 2.45) is 4.99 Å². The fourth-order valence-corrected chi connectivity index (χ4v) is 3.77. The average molecular weight is 431 g/mol. The first-order chi connectivity index (χ1) is 15.6. The molecule has 5 nitrogen and oxygen atoms in total. The molecular formula is C26H27FN4O. The molecule has 0 atom stereocenters. The monoisotopic (exact) mass is 430 g/mol. The van der Waals surface area contributed by atoms with E-state index in [9.17, 15) is 9.18 Å². The summed E-state index contributed by atoms with van der Waals surface area (Å²) >= 11 is 0. The van der Waals surface area contributed by atoms with Crippen LogP contribution in [0.4, 0.5) is 10.1 Å². The summed E-state index contributed by atoms with van der Waals surface area (Å²) in [6, 6.07) is 23.8. The van der Waals surface area contributed by atoms with Crippen LogP contribution in [-0.4, -0.2) is 47.8 Å². The van der Waals surface area contributed by atoms with Crippen LogP contribution in [0, 0.1) is 12.7 Å². The van der Waals surface area contributed by atoms with Gasteiger partial charge >= 0.3 is 0 Å². The number of carbonyl (C=O) groups excluding carboxylic acids is 1. The van der Waals surface area contributed by atoms with Crippen LogP contribution in [0.1, 0.15) is 21.5 Å². The lowest BCUT2D eigenvalue weighted by Gasteiger charge is -2.36. The zero-order valence-corrected chi connectivity index (χ0v) is 18.2. The van der Waals surface area contributed by atoms with Gasteiger partial charge in [0.15, 0.2) is 0 Å². The minimum Gasteiger partial charge on any atom is -0.340 e. The summed E-state index contributed by atoms with van der Waals surface area (Å²) in [6.45, 7) is 5.75. The highest BCUT2D eigenvalue weighted by Crippen LogP contribution is 2.16. The molecule has 3 aromatic carbocycles. The van der Waals surface area contributed by atoms with Crippen LogP contribution in [0.25, 0.3) is 0 Å². The maximum Gasteiger partial charge on any atom is 0.257 e. The number of nitrogens with one attached hydrogen (secondary N) is 1. The molecule has 1 heterocycles. The van der Waals surface area contributed by atoms with Gasteiger partial charge in [0.1, 0.15) is 5.82 Å². The van der Waals surface area contributed by atoms with Crippen LogP contribution >= 0.6 is 0 Å². The summed E-state index contributed by atoms with van der Waals surface area (Å²) in [4.78, 5) is 22.0. The first-order valence-corrected chi connectivity index (χ1v) is 10.8. The lowest BCUT2D eigenvalue weighted by Crippen LogP contribution is -2.53. The molecule has 3 aromatic rings. The third-order valence-corrected chi connectivity index (χ3v) is 5.47. The number of nitrogens with zero attached hydrogens (tertiary/aromatic N) is 3. The fourth-order valence-electron chi connectivity index (χ4n) is 3.77. The Balaban J connectivity index is 1.48. The number of hydrogen-bond acceptors (Lipinski definition) is 3. The Hall–Kier alpha value is -3.51. The lowest BCUT2D eigenvalue weighted by atomic mass is 10.2. The maximum atomic E-state index is 13.5. The summed E-state index contributed by atoms with van der Waals surface area (Å²) < 4.78 is 13.5. The number of rotatable bonds is 4. The van der Waals surface area contributed by atoms with Gasteiger partial charge < -0.3 is 4.90 Å². The van der Waals surface area contributed by atoms with E-state index in [-0.39, 0.29) is 11.7 Å². The van der Waals surface area contributed by atoms with Crippen LogP contribution in [0.15, 0.2) is 83.9 Å². The van der Waals surface area contributed by atoms with E-state index in [0.29, 0.717) is 18.1 Å². The van der Waals surface area contributed by atoms with E-state index in [2.05, 4.69) is 15.1 Å². The summed E-state index contributed by atoms with van der Waals surface area (Å²) in [5.41, 5.74) is 3.47. The highest BCUT2D eigenvalue weighted by Gasteiger charge is 2.22. The molecule has 0 spiro atoms. The smallest absolute Gasteiger partial charge is 0.257 e. The van der Waals surface area contributed by atoms with Crippen molar-refractivity contribution in [1.29, 1.82) is 0 Å². The molecule has 6 heteroatoms. The number of hydrogen-bond donors (Lipinski definition) is 1. The van der Waals surface area contributed by atoms with Gasteiger partial charge in [-0.15, -0.1) is 0 Å². The highest BCUT2D eigenvalue weighted by molar-refractivity contribution is 6.06.